The van der Waals surface area contributed by atoms with Crippen LogP contribution < -0.4 is 5.73 Å². The number of hydrogen-bond donors (Lipinski definition) is 2. The SMILES string of the molecule is CCC(O)(CC)CC(N)C1(c2ccc(F)cc2)CCC1. The molecule has 3 heteroatoms. The van der Waals surface area contributed by atoms with Crippen molar-refractivity contribution in [2.24, 2.45) is 5.73 Å². The van der Waals surface area contributed by atoms with E-state index in [0.717, 1.165) is 37.7 Å². The van der Waals surface area contributed by atoms with Crippen molar-refractivity contribution >= 4 is 0 Å². The van der Waals surface area contributed by atoms with E-state index in [-0.39, 0.29) is 17.3 Å². The van der Waals surface area contributed by atoms with Crippen LogP contribution in [0.3, 0.4) is 0 Å². The molecule has 0 amide bonds. The van der Waals surface area contributed by atoms with Crippen LogP contribution in [0.5, 0.6) is 0 Å². The summed E-state index contributed by atoms with van der Waals surface area (Å²) >= 11 is 0. The predicted molar refractivity (Wildman–Crippen MR) is 80.1 cm³/mol. The maximum Gasteiger partial charge on any atom is 0.123 e. The highest BCUT2D eigenvalue weighted by Gasteiger charge is 2.45. The van der Waals surface area contributed by atoms with E-state index in [0.29, 0.717) is 6.42 Å². The number of nitrogens with two attached hydrogens (primary N) is 1. The van der Waals surface area contributed by atoms with Crippen molar-refractivity contribution < 1.29 is 9.50 Å². The highest BCUT2D eigenvalue weighted by molar-refractivity contribution is 5.31. The van der Waals surface area contributed by atoms with Gasteiger partial charge in [0.25, 0.3) is 0 Å². The molecule has 0 heterocycles. The molecule has 0 bridgehead atoms. The lowest BCUT2D eigenvalue weighted by molar-refractivity contribution is 0.00148. The Morgan fingerprint density at radius 1 is 1.25 bits per heavy atom. The Bertz CT molecular complexity index is 435. The Balaban J connectivity index is 2.20. The topological polar surface area (TPSA) is 46.2 Å². The maximum absolute atomic E-state index is 13.1. The van der Waals surface area contributed by atoms with E-state index in [1.807, 2.05) is 26.0 Å². The van der Waals surface area contributed by atoms with Gasteiger partial charge in [0.1, 0.15) is 5.82 Å². The molecule has 1 aliphatic carbocycles. The van der Waals surface area contributed by atoms with Crippen molar-refractivity contribution in [3.8, 4) is 0 Å². The van der Waals surface area contributed by atoms with Crippen LogP contribution in [0.25, 0.3) is 0 Å². The average molecular weight is 279 g/mol. The van der Waals surface area contributed by atoms with Gasteiger partial charge >= 0.3 is 0 Å². The van der Waals surface area contributed by atoms with Gasteiger partial charge in [0.05, 0.1) is 5.60 Å². The molecule has 2 nitrogen and oxygen atoms in total. The largest absolute Gasteiger partial charge is 0.390 e. The van der Waals surface area contributed by atoms with Crippen molar-refractivity contribution in [3.05, 3.63) is 35.6 Å². The quantitative estimate of drug-likeness (QED) is 0.837. The van der Waals surface area contributed by atoms with E-state index in [9.17, 15) is 9.50 Å². The fraction of sp³-hybridized carbons (Fsp3) is 0.647. The lowest BCUT2D eigenvalue weighted by Gasteiger charge is -2.49. The van der Waals surface area contributed by atoms with Crippen LogP contribution in [0.4, 0.5) is 4.39 Å². The third-order valence-electron chi connectivity index (χ3n) is 5.29. The zero-order valence-corrected chi connectivity index (χ0v) is 12.5. The minimum absolute atomic E-state index is 0.0772. The zero-order valence-electron chi connectivity index (χ0n) is 12.5. The van der Waals surface area contributed by atoms with Gasteiger partial charge in [0, 0.05) is 11.5 Å². The molecule has 1 atom stereocenters. The summed E-state index contributed by atoms with van der Waals surface area (Å²) in [5.41, 5.74) is 6.83. The van der Waals surface area contributed by atoms with Gasteiger partial charge in [0.2, 0.25) is 0 Å². The molecule has 3 N–H and O–H groups in total. The van der Waals surface area contributed by atoms with Crippen molar-refractivity contribution in [3.63, 3.8) is 0 Å². The van der Waals surface area contributed by atoms with Gasteiger partial charge in [-0.05, 0) is 49.8 Å². The molecule has 0 aromatic heterocycles. The Hall–Kier alpha value is -0.930. The predicted octanol–water partition coefficient (Wildman–Crippen LogP) is 3.52. The van der Waals surface area contributed by atoms with Crippen molar-refractivity contribution in [2.75, 3.05) is 0 Å². The van der Waals surface area contributed by atoms with Crippen molar-refractivity contribution in [1.29, 1.82) is 0 Å². The Labute approximate surface area is 121 Å². The first kappa shape index (κ1) is 15.5. The molecule has 2 rings (SSSR count). The third kappa shape index (κ3) is 2.75. The van der Waals surface area contributed by atoms with E-state index in [2.05, 4.69) is 0 Å². The molecular weight excluding hydrogens is 253 g/mol. The minimum atomic E-state index is -0.679. The Morgan fingerprint density at radius 3 is 2.20 bits per heavy atom. The molecule has 1 fully saturated rings. The molecule has 0 saturated heterocycles. The highest BCUT2D eigenvalue weighted by Crippen LogP contribution is 2.47. The maximum atomic E-state index is 13.1. The molecule has 0 radical (unpaired) electrons. The van der Waals surface area contributed by atoms with E-state index in [4.69, 9.17) is 5.73 Å². The van der Waals surface area contributed by atoms with Crippen LogP contribution >= 0.6 is 0 Å². The second-order valence-electron chi connectivity index (χ2n) is 6.26. The highest BCUT2D eigenvalue weighted by atomic mass is 19.1. The number of rotatable bonds is 6. The van der Waals surface area contributed by atoms with E-state index in [1.54, 1.807) is 0 Å². The van der Waals surface area contributed by atoms with E-state index in [1.165, 1.54) is 12.1 Å². The van der Waals surface area contributed by atoms with Crippen LogP contribution in [0.15, 0.2) is 24.3 Å². The summed E-state index contributed by atoms with van der Waals surface area (Å²) in [7, 11) is 0. The normalized spacial score (nSPS) is 19.4. The summed E-state index contributed by atoms with van der Waals surface area (Å²) in [6.45, 7) is 4.00. The van der Waals surface area contributed by atoms with Crippen LogP contribution in [0, 0.1) is 5.82 Å². The third-order valence-corrected chi connectivity index (χ3v) is 5.29. The molecule has 1 unspecified atom stereocenters. The first-order valence-electron chi connectivity index (χ1n) is 7.70. The number of aliphatic hydroxyl groups is 1. The number of benzene rings is 1. The standard InChI is InChI=1S/C17H26FNO/c1-3-16(20,4-2)12-15(19)17(10-5-11-17)13-6-8-14(18)9-7-13/h6-9,15,20H,3-5,10-12,19H2,1-2H3. The molecule has 1 aromatic carbocycles. The summed E-state index contributed by atoms with van der Waals surface area (Å²) in [5, 5.41) is 10.5. The van der Waals surface area contributed by atoms with Gasteiger partial charge in [-0.25, -0.2) is 4.39 Å². The van der Waals surface area contributed by atoms with Gasteiger partial charge in [-0.15, -0.1) is 0 Å². The van der Waals surface area contributed by atoms with Crippen molar-refractivity contribution in [2.45, 2.75) is 69.4 Å². The van der Waals surface area contributed by atoms with Gasteiger partial charge < -0.3 is 10.8 Å². The molecular formula is C17H26FNO. The summed E-state index contributed by atoms with van der Waals surface area (Å²) in [6.07, 6.45) is 5.26. The van der Waals surface area contributed by atoms with Crippen LogP contribution in [0.1, 0.15) is 57.9 Å². The summed E-state index contributed by atoms with van der Waals surface area (Å²) in [6, 6.07) is 6.64. The molecule has 112 valence electrons. The van der Waals surface area contributed by atoms with E-state index >= 15 is 0 Å². The minimum Gasteiger partial charge on any atom is -0.390 e. The summed E-state index contributed by atoms with van der Waals surface area (Å²) in [4.78, 5) is 0. The second-order valence-corrected chi connectivity index (χ2v) is 6.26. The average Bonchev–Trinajstić information content (AvgIpc) is 2.39. The molecule has 0 spiro atoms. The van der Waals surface area contributed by atoms with Crippen LogP contribution in [0.2, 0.25) is 0 Å². The summed E-state index contributed by atoms with van der Waals surface area (Å²) in [5.74, 6) is -0.213. The zero-order chi connectivity index (χ0) is 14.8. The van der Waals surface area contributed by atoms with E-state index < -0.39 is 5.60 Å². The first-order chi connectivity index (χ1) is 9.46. The van der Waals surface area contributed by atoms with Gasteiger partial charge in [-0.1, -0.05) is 32.4 Å². The lowest BCUT2D eigenvalue weighted by Crippen LogP contribution is -2.53. The summed E-state index contributed by atoms with van der Waals surface area (Å²) < 4.78 is 13.1. The van der Waals surface area contributed by atoms with Crippen LogP contribution in [-0.4, -0.2) is 16.7 Å². The van der Waals surface area contributed by atoms with Crippen molar-refractivity contribution in [1.82, 2.24) is 0 Å². The molecule has 1 saturated carbocycles. The monoisotopic (exact) mass is 279 g/mol. The van der Waals surface area contributed by atoms with Gasteiger partial charge in [-0.3, -0.25) is 0 Å². The Kier molecular flexibility index (Phi) is 4.50. The Morgan fingerprint density at radius 2 is 1.80 bits per heavy atom. The fourth-order valence-electron chi connectivity index (χ4n) is 3.36. The first-order valence-corrected chi connectivity index (χ1v) is 7.70. The van der Waals surface area contributed by atoms with Gasteiger partial charge in [-0.2, -0.15) is 0 Å². The van der Waals surface area contributed by atoms with Gasteiger partial charge in [0.15, 0.2) is 0 Å². The second kappa shape index (κ2) is 5.82. The number of halogens is 1. The van der Waals surface area contributed by atoms with Crippen LogP contribution in [-0.2, 0) is 5.41 Å². The smallest absolute Gasteiger partial charge is 0.123 e. The number of hydrogen-bond acceptors (Lipinski definition) is 2. The molecule has 20 heavy (non-hydrogen) atoms. The molecule has 1 aliphatic rings. The lowest BCUT2D eigenvalue weighted by atomic mass is 9.58. The fourth-order valence-corrected chi connectivity index (χ4v) is 3.36. The molecule has 1 aromatic rings. The molecule has 0 aliphatic heterocycles.